The largest absolute Gasteiger partial charge is 0.477 e. The fraction of sp³-hybridized carbons (Fsp3) is 0.600. The van der Waals surface area contributed by atoms with Crippen molar-refractivity contribution in [1.29, 1.82) is 0 Å². The van der Waals surface area contributed by atoms with Crippen LogP contribution < -0.4 is 10.1 Å². The quantitative estimate of drug-likeness (QED) is 0.744. The van der Waals surface area contributed by atoms with E-state index in [0.717, 1.165) is 0 Å². The number of hydrogen-bond acceptors (Lipinski definition) is 6. The van der Waals surface area contributed by atoms with E-state index in [0.29, 0.717) is 18.8 Å². The summed E-state index contributed by atoms with van der Waals surface area (Å²) in [6.07, 6.45) is 1.55. The molecule has 9 heteroatoms. The van der Waals surface area contributed by atoms with E-state index in [1.54, 1.807) is 18.3 Å². The molecular formula is C15H23N3O5S. The van der Waals surface area contributed by atoms with E-state index in [1.807, 2.05) is 6.92 Å². The number of nitrogens with zero attached hydrogens (tertiary/aromatic N) is 2. The summed E-state index contributed by atoms with van der Waals surface area (Å²) in [5, 5.41) is 2.84. The molecule has 0 aliphatic carbocycles. The molecule has 24 heavy (non-hydrogen) atoms. The van der Waals surface area contributed by atoms with Crippen molar-refractivity contribution in [1.82, 2.24) is 14.6 Å². The van der Waals surface area contributed by atoms with E-state index in [2.05, 4.69) is 10.3 Å². The monoisotopic (exact) mass is 357 g/mol. The summed E-state index contributed by atoms with van der Waals surface area (Å²) in [7, 11) is -0.389. The van der Waals surface area contributed by atoms with Gasteiger partial charge in [-0.2, -0.15) is 0 Å². The number of amides is 1. The third-order valence-electron chi connectivity index (χ3n) is 3.79. The van der Waals surface area contributed by atoms with Crippen molar-refractivity contribution in [2.45, 2.75) is 13.0 Å². The summed E-state index contributed by atoms with van der Waals surface area (Å²) in [6.45, 7) is 2.78. The normalized spacial score (nSPS) is 21.0. The summed E-state index contributed by atoms with van der Waals surface area (Å²) in [6, 6.07) is 2.90. The predicted octanol–water partition coefficient (Wildman–Crippen LogP) is 0.117. The first kappa shape index (κ1) is 18.6. The van der Waals surface area contributed by atoms with Gasteiger partial charge in [-0.05, 0) is 19.1 Å². The van der Waals surface area contributed by atoms with E-state index >= 15 is 0 Å². The van der Waals surface area contributed by atoms with Gasteiger partial charge in [-0.1, -0.05) is 0 Å². The molecule has 134 valence electrons. The number of carbonyl (C=O) groups is 1. The van der Waals surface area contributed by atoms with Crippen LogP contribution in [0.3, 0.4) is 0 Å². The Morgan fingerprint density at radius 2 is 2.21 bits per heavy atom. The van der Waals surface area contributed by atoms with Crippen molar-refractivity contribution in [3.8, 4) is 5.88 Å². The maximum absolute atomic E-state index is 12.5. The number of rotatable bonds is 7. The summed E-state index contributed by atoms with van der Waals surface area (Å²) in [5.74, 6) is -0.465. The summed E-state index contributed by atoms with van der Waals surface area (Å²) < 4.78 is 36.0. The number of hydrogen-bond donors (Lipinski definition) is 1. The van der Waals surface area contributed by atoms with Gasteiger partial charge in [0.2, 0.25) is 15.9 Å². The predicted molar refractivity (Wildman–Crippen MR) is 88.4 cm³/mol. The number of aromatic nitrogens is 1. The van der Waals surface area contributed by atoms with Crippen LogP contribution in [0.2, 0.25) is 0 Å². The zero-order valence-corrected chi connectivity index (χ0v) is 14.9. The molecule has 1 aromatic heterocycles. The number of pyridine rings is 1. The van der Waals surface area contributed by atoms with Crippen LogP contribution in [0.4, 0.5) is 0 Å². The fourth-order valence-corrected chi connectivity index (χ4v) is 3.57. The molecule has 0 aromatic carbocycles. The second-order valence-electron chi connectivity index (χ2n) is 5.73. The average molecular weight is 357 g/mol. The molecule has 1 aromatic rings. The van der Waals surface area contributed by atoms with Crippen molar-refractivity contribution in [3.05, 3.63) is 23.9 Å². The van der Waals surface area contributed by atoms with Crippen molar-refractivity contribution < 1.29 is 22.7 Å². The highest BCUT2D eigenvalue weighted by molar-refractivity contribution is 7.89. The SMILES string of the molecule is CCOc1ncccc1C(=O)N[C@H]1COC[C@H]1CS(=O)(=O)N(C)C. The van der Waals surface area contributed by atoms with Gasteiger partial charge in [-0.15, -0.1) is 0 Å². The smallest absolute Gasteiger partial charge is 0.257 e. The second-order valence-corrected chi connectivity index (χ2v) is 7.96. The highest BCUT2D eigenvalue weighted by atomic mass is 32.2. The number of carbonyl (C=O) groups excluding carboxylic acids is 1. The Morgan fingerprint density at radius 1 is 1.46 bits per heavy atom. The zero-order chi connectivity index (χ0) is 17.7. The minimum absolute atomic E-state index is 0.0731. The lowest BCUT2D eigenvalue weighted by Gasteiger charge is -2.21. The molecule has 1 aliphatic heterocycles. The molecule has 1 saturated heterocycles. The van der Waals surface area contributed by atoms with Crippen LogP contribution in [0.5, 0.6) is 5.88 Å². The van der Waals surface area contributed by atoms with Crippen LogP contribution in [0.15, 0.2) is 18.3 Å². The maximum atomic E-state index is 12.5. The first-order valence-corrected chi connectivity index (χ1v) is 9.32. The average Bonchev–Trinajstić information content (AvgIpc) is 2.94. The van der Waals surface area contributed by atoms with E-state index < -0.39 is 10.0 Å². The van der Waals surface area contributed by atoms with Crippen molar-refractivity contribution in [3.63, 3.8) is 0 Å². The van der Waals surface area contributed by atoms with Gasteiger partial charge >= 0.3 is 0 Å². The Hall–Kier alpha value is -1.71. The topological polar surface area (TPSA) is 97.8 Å². The van der Waals surface area contributed by atoms with Crippen LogP contribution in [0.25, 0.3) is 0 Å². The minimum atomic E-state index is -3.37. The molecule has 1 fully saturated rings. The maximum Gasteiger partial charge on any atom is 0.257 e. The van der Waals surface area contributed by atoms with E-state index in [9.17, 15) is 13.2 Å². The molecule has 1 amide bonds. The van der Waals surface area contributed by atoms with Crippen molar-refractivity contribution in [2.75, 3.05) is 39.7 Å². The summed E-state index contributed by atoms with van der Waals surface area (Å²) in [5.41, 5.74) is 0.320. The summed E-state index contributed by atoms with van der Waals surface area (Å²) in [4.78, 5) is 16.5. The van der Waals surface area contributed by atoms with Crippen molar-refractivity contribution in [2.24, 2.45) is 5.92 Å². The van der Waals surface area contributed by atoms with Crippen LogP contribution in [0, 0.1) is 5.92 Å². The lowest BCUT2D eigenvalue weighted by Crippen LogP contribution is -2.43. The Kier molecular flexibility index (Phi) is 6.14. The molecule has 0 bridgehead atoms. The fourth-order valence-electron chi connectivity index (χ4n) is 2.40. The molecule has 2 rings (SSSR count). The Labute approximate surface area is 142 Å². The molecule has 1 N–H and O–H groups in total. The first-order valence-electron chi connectivity index (χ1n) is 7.71. The highest BCUT2D eigenvalue weighted by Crippen LogP contribution is 2.19. The highest BCUT2D eigenvalue weighted by Gasteiger charge is 2.34. The van der Waals surface area contributed by atoms with Gasteiger partial charge in [0, 0.05) is 26.2 Å². The number of sulfonamides is 1. The Balaban J connectivity index is 2.08. The van der Waals surface area contributed by atoms with Gasteiger partial charge in [-0.25, -0.2) is 17.7 Å². The number of ether oxygens (including phenoxy) is 2. The Morgan fingerprint density at radius 3 is 2.88 bits per heavy atom. The van der Waals surface area contributed by atoms with Gasteiger partial charge in [0.05, 0.1) is 31.6 Å². The molecule has 0 saturated carbocycles. The molecule has 2 heterocycles. The van der Waals surface area contributed by atoms with Crippen LogP contribution in [-0.4, -0.2) is 69.3 Å². The van der Waals surface area contributed by atoms with Crippen LogP contribution >= 0.6 is 0 Å². The standard InChI is InChI=1S/C15H23N3O5S/c1-4-23-15-12(6-5-7-16-15)14(19)17-13-9-22-8-11(13)10-24(20,21)18(2)3/h5-7,11,13H,4,8-10H2,1-3H3,(H,17,19)/t11-,13-/m0/s1. The summed E-state index contributed by atoms with van der Waals surface area (Å²) >= 11 is 0. The molecule has 0 spiro atoms. The van der Waals surface area contributed by atoms with Crippen molar-refractivity contribution >= 4 is 15.9 Å². The van der Waals surface area contributed by atoms with Gasteiger partial charge in [0.15, 0.2) is 0 Å². The lowest BCUT2D eigenvalue weighted by atomic mass is 10.1. The molecule has 2 atom stereocenters. The first-order chi connectivity index (χ1) is 11.3. The molecular weight excluding hydrogens is 334 g/mol. The third-order valence-corrected chi connectivity index (χ3v) is 5.75. The van der Waals surface area contributed by atoms with Gasteiger partial charge in [0.1, 0.15) is 5.56 Å². The van der Waals surface area contributed by atoms with Gasteiger partial charge in [-0.3, -0.25) is 4.79 Å². The van der Waals surface area contributed by atoms with Crippen LogP contribution in [-0.2, 0) is 14.8 Å². The van der Waals surface area contributed by atoms with Crippen LogP contribution in [0.1, 0.15) is 17.3 Å². The van der Waals surface area contributed by atoms with E-state index in [-0.39, 0.29) is 36.1 Å². The second kappa shape index (κ2) is 7.91. The van der Waals surface area contributed by atoms with Gasteiger partial charge < -0.3 is 14.8 Å². The molecule has 1 aliphatic rings. The molecule has 0 unspecified atom stereocenters. The van der Waals surface area contributed by atoms with E-state index in [4.69, 9.17) is 9.47 Å². The lowest BCUT2D eigenvalue weighted by molar-refractivity contribution is 0.0921. The zero-order valence-electron chi connectivity index (χ0n) is 14.1. The Bertz CT molecular complexity index is 677. The minimum Gasteiger partial charge on any atom is -0.477 e. The molecule has 8 nitrogen and oxygen atoms in total. The number of nitrogens with one attached hydrogen (secondary N) is 1. The molecule has 0 radical (unpaired) electrons. The third kappa shape index (κ3) is 4.43. The van der Waals surface area contributed by atoms with Gasteiger partial charge in [0.25, 0.3) is 5.91 Å². The van der Waals surface area contributed by atoms with E-state index in [1.165, 1.54) is 18.4 Å².